The Morgan fingerprint density at radius 3 is 2.12 bits per heavy atom. The Hall–Kier alpha value is -1.09. The van der Waals surface area contributed by atoms with E-state index >= 15 is 0 Å². The number of carboxylic acid groups (broad SMARTS) is 1. The Labute approximate surface area is 105 Å². The van der Waals surface area contributed by atoms with Crippen LogP contribution >= 0.6 is 0 Å². The molecule has 0 amide bonds. The van der Waals surface area contributed by atoms with Crippen LogP contribution in [0.1, 0.15) is 52.4 Å². The van der Waals surface area contributed by atoms with Crippen LogP contribution in [-0.4, -0.2) is 22.8 Å². The number of aliphatic hydroxyl groups is 1. The van der Waals surface area contributed by atoms with Crippen molar-refractivity contribution in [1.29, 1.82) is 0 Å². The van der Waals surface area contributed by atoms with Crippen molar-refractivity contribution < 1.29 is 15.0 Å². The molecule has 0 spiro atoms. The van der Waals surface area contributed by atoms with Crippen LogP contribution in [-0.2, 0) is 4.79 Å². The molecule has 0 bridgehead atoms. The van der Waals surface area contributed by atoms with Crippen molar-refractivity contribution in [2.45, 2.75) is 52.4 Å². The maximum absolute atomic E-state index is 9.00. The summed E-state index contributed by atoms with van der Waals surface area (Å²) in [7, 11) is 0. The quantitative estimate of drug-likeness (QED) is 0.505. The molecule has 0 saturated carbocycles. The molecular weight excluding hydrogens is 216 g/mol. The minimum Gasteiger partial charge on any atom is -0.481 e. The van der Waals surface area contributed by atoms with Gasteiger partial charge in [0, 0.05) is 13.5 Å². The fourth-order valence-corrected chi connectivity index (χ4v) is 1.12. The van der Waals surface area contributed by atoms with Gasteiger partial charge in [0.05, 0.1) is 0 Å². The van der Waals surface area contributed by atoms with Crippen molar-refractivity contribution in [1.82, 2.24) is 0 Å². The summed E-state index contributed by atoms with van der Waals surface area (Å²) in [4.78, 5) is 9.00. The number of carbonyl (C=O) groups is 1. The molecule has 17 heavy (non-hydrogen) atoms. The summed E-state index contributed by atoms with van der Waals surface area (Å²) in [6.45, 7) is 3.56. The first-order valence-corrected chi connectivity index (χ1v) is 6.27. The number of carboxylic acids is 1. The number of allylic oxidation sites excluding steroid dienone is 4. The Bertz CT molecular complexity index is 204. The van der Waals surface area contributed by atoms with E-state index in [-0.39, 0.29) is 0 Å². The van der Waals surface area contributed by atoms with E-state index in [1.165, 1.54) is 19.3 Å². The second-order valence-electron chi connectivity index (χ2n) is 3.71. The van der Waals surface area contributed by atoms with Crippen LogP contribution in [0.2, 0.25) is 0 Å². The highest BCUT2D eigenvalue weighted by Crippen LogP contribution is 2.02. The van der Waals surface area contributed by atoms with Crippen molar-refractivity contribution in [2.24, 2.45) is 0 Å². The normalized spacial score (nSPS) is 10.5. The van der Waals surface area contributed by atoms with Gasteiger partial charge in [0.1, 0.15) is 0 Å². The largest absolute Gasteiger partial charge is 0.481 e. The summed E-state index contributed by atoms with van der Waals surface area (Å²) in [5.41, 5.74) is 0. The van der Waals surface area contributed by atoms with E-state index in [1.807, 2.05) is 0 Å². The molecule has 0 fully saturated rings. The first-order valence-electron chi connectivity index (χ1n) is 6.27. The summed E-state index contributed by atoms with van der Waals surface area (Å²) in [5.74, 6) is -0.833. The minimum absolute atomic E-state index is 0.342. The van der Waals surface area contributed by atoms with Crippen LogP contribution in [0.5, 0.6) is 0 Å². The Kier molecular flexibility index (Phi) is 18.6. The minimum atomic E-state index is -0.833. The molecule has 0 aromatic heterocycles. The standard InChI is InChI=1S/C12H22O.C2H4O2/c1-2-3-4-5-6-7-8-9-10-11-12-13;1-2(3)4/h3-6,13H,2,7-12H2,1H3;1H3,(H,3,4). The lowest BCUT2D eigenvalue weighted by atomic mass is 10.1. The van der Waals surface area contributed by atoms with Gasteiger partial charge in [-0.25, -0.2) is 0 Å². The number of aliphatic hydroxyl groups excluding tert-OH is 1. The molecule has 2 N–H and O–H groups in total. The van der Waals surface area contributed by atoms with E-state index in [2.05, 4.69) is 31.2 Å². The molecule has 100 valence electrons. The monoisotopic (exact) mass is 242 g/mol. The zero-order valence-electron chi connectivity index (χ0n) is 11.1. The fourth-order valence-electron chi connectivity index (χ4n) is 1.12. The van der Waals surface area contributed by atoms with E-state index in [1.54, 1.807) is 0 Å². The highest BCUT2D eigenvalue weighted by Gasteiger charge is 1.85. The van der Waals surface area contributed by atoms with E-state index in [0.29, 0.717) is 6.61 Å². The van der Waals surface area contributed by atoms with Gasteiger partial charge in [0.15, 0.2) is 0 Å². The third kappa shape index (κ3) is 31.3. The van der Waals surface area contributed by atoms with Gasteiger partial charge in [-0.3, -0.25) is 4.79 Å². The number of rotatable bonds is 8. The summed E-state index contributed by atoms with van der Waals surface area (Å²) >= 11 is 0. The molecule has 0 rings (SSSR count). The van der Waals surface area contributed by atoms with Crippen molar-refractivity contribution in [3.05, 3.63) is 24.3 Å². The van der Waals surface area contributed by atoms with Crippen LogP contribution in [0, 0.1) is 0 Å². The molecule has 0 heterocycles. The SMILES string of the molecule is CC(=O)O.CCC=CC=CCCCCCCO. The molecule has 0 atom stereocenters. The molecule has 0 aliphatic rings. The van der Waals surface area contributed by atoms with Gasteiger partial charge in [0.2, 0.25) is 0 Å². The van der Waals surface area contributed by atoms with Crippen LogP contribution in [0.4, 0.5) is 0 Å². The van der Waals surface area contributed by atoms with Gasteiger partial charge in [-0.05, 0) is 25.7 Å². The van der Waals surface area contributed by atoms with Gasteiger partial charge >= 0.3 is 0 Å². The molecule has 0 aromatic carbocycles. The van der Waals surface area contributed by atoms with Gasteiger partial charge < -0.3 is 10.2 Å². The molecule has 0 radical (unpaired) electrons. The zero-order chi connectivity index (χ0) is 13.4. The first-order chi connectivity index (χ1) is 8.15. The lowest BCUT2D eigenvalue weighted by Crippen LogP contribution is -1.82. The fraction of sp³-hybridized carbons (Fsp3) is 0.643. The van der Waals surface area contributed by atoms with Gasteiger partial charge in [-0.15, -0.1) is 0 Å². The molecule has 0 unspecified atom stereocenters. The van der Waals surface area contributed by atoms with Gasteiger partial charge in [0.25, 0.3) is 5.97 Å². The Morgan fingerprint density at radius 2 is 1.59 bits per heavy atom. The van der Waals surface area contributed by atoms with Gasteiger partial charge in [-0.2, -0.15) is 0 Å². The molecule has 0 aliphatic carbocycles. The van der Waals surface area contributed by atoms with Crippen molar-refractivity contribution in [3.63, 3.8) is 0 Å². The van der Waals surface area contributed by atoms with E-state index in [4.69, 9.17) is 15.0 Å². The summed E-state index contributed by atoms with van der Waals surface area (Å²) in [6.07, 6.45) is 15.5. The number of unbranched alkanes of at least 4 members (excludes halogenated alkanes) is 4. The first kappa shape index (κ1) is 18.3. The van der Waals surface area contributed by atoms with E-state index in [0.717, 1.165) is 26.2 Å². The zero-order valence-corrected chi connectivity index (χ0v) is 11.1. The van der Waals surface area contributed by atoms with Crippen molar-refractivity contribution in [3.8, 4) is 0 Å². The Balaban J connectivity index is 0. The topological polar surface area (TPSA) is 57.5 Å². The second-order valence-corrected chi connectivity index (χ2v) is 3.71. The van der Waals surface area contributed by atoms with E-state index in [9.17, 15) is 0 Å². The maximum atomic E-state index is 9.00. The average Bonchev–Trinajstić information content (AvgIpc) is 2.26. The second kappa shape index (κ2) is 17.3. The smallest absolute Gasteiger partial charge is 0.300 e. The maximum Gasteiger partial charge on any atom is 0.300 e. The summed E-state index contributed by atoms with van der Waals surface area (Å²) < 4.78 is 0. The summed E-state index contributed by atoms with van der Waals surface area (Å²) in [5, 5.41) is 16.0. The lowest BCUT2D eigenvalue weighted by Gasteiger charge is -1.94. The lowest BCUT2D eigenvalue weighted by molar-refractivity contribution is -0.134. The Morgan fingerprint density at radius 1 is 1.06 bits per heavy atom. The molecule has 0 aromatic rings. The third-order valence-corrected chi connectivity index (χ3v) is 1.90. The number of aliphatic carboxylic acids is 1. The van der Waals surface area contributed by atoms with Crippen LogP contribution in [0.3, 0.4) is 0 Å². The molecule has 3 nitrogen and oxygen atoms in total. The van der Waals surface area contributed by atoms with Crippen LogP contribution in [0.25, 0.3) is 0 Å². The predicted octanol–water partition coefficient (Wildman–Crippen LogP) is 3.54. The summed E-state index contributed by atoms with van der Waals surface area (Å²) in [6, 6.07) is 0. The van der Waals surface area contributed by atoms with Gasteiger partial charge in [-0.1, -0.05) is 44.1 Å². The molecule has 3 heteroatoms. The highest BCUT2D eigenvalue weighted by molar-refractivity contribution is 5.62. The van der Waals surface area contributed by atoms with Crippen molar-refractivity contribution in [2.75, 3.05) is 6.61 Å². The van der Waals surface area contributed by atoms with Crippen molar-refractivity contribution >= 4 is 5.97 Å². The van der Waals surface area contributed by atoms with E-state index < -0.39 is 5.97 Å². The van der Waals surface area contributed by atoms with Crippen LogP contribution in [0.15, 0.2) is 24.3 Å². The third-order valence-electron chi connectivity index (χ3n) is 1.90. The number of hydrogen-bond donors (Lipinski definition) is 2. The molecular formula is C14H26O3. The highest BCUT2D eigenvalue weighted by atomic mass is 16.4. The molecule has 0 aliphatic heterocycles. The number of hydrogen-bond acceptors (Lipinski definition) is 2. The molecule has 0 saturated heterocycles. The van der Waals surface area contributed by atoms with Crippen LogP contribution < -0.4 is 0 Å². The average molecular weight is 242 g/mol. The predicted molar refractivity (Wildman–Crippen MR) is 72.1 cm³/mol.